The second-order valence-electron chi connectivity index (χ2n) is 8.02. The van der Waals surface area contributed by atoms with Gasteiger partial charge in [0.15, 0.2) is 17.1 Å². The van der Waals surface area contributed by atoms with Crippen molar-refractivity contribution in [1.82, 2.24) is 20.2 Å². The summed E-state index contributed by atoms with van der Waals surface area (Å²) in [5.41, 5.74) is 17.0. The molecule has 18 heteroatoms. The zero-order valence-electron chi connectivity index (χ0n) is 19.8. The van der Waals surface area contributed by atoms with Gasteiger partial charge in [0.2, 0.25) is 5.91 Å². The average molecular weight is 629 g/mol. The van der Waals surface area contributed by atoms with E-state index < -0.39 is 40.9 Å². The number of nitrogens with two attached hydrogens (primary N) is 3. The Morgan fingerprint density at radius 2 is 2.21 bits per heavy atom. The summed E-state index contributed by atoms with van der Waals surface area (Å²) in [6, 6.07) is 0.0762. The molecule has 3 atom stereocenters. The molecular weight excluding hydrogens is 608 g/mol. The Kier molecular flexibility index (Phi) is 9.39. The molecule has 1 saturated heterocycles. The number of halogens is 1. The van der Waals surface area contributed by atoms with Gasteiger partial charge >= 0.3 is 0 Å². The second-order valence-corrected chi connectivity index (χ2v) is 12.9. The first-order chi connectivity index (χ1) is 18.7. The van der Waals surface area contributed by atoms with E-state index in [4.69, 9.17) is 28.8 Å². The normalized spacial score (nSPS) is 19.8. The number of thiazole rings is 1. The minimum Gasteiger partial charge on any atom is -0.410 e. The number of oxime groups is 1. The molecule has 0 saturated carbocycles. The number of nitrogens with zero attached hydrogens (tertiary/aromatic N) is 4. The van der Waals surface area contributed by atoms with E-state index in [0.717, 1.165) is 21.8 Å². The molecule has 2 aliphatic rings. The molecule has 0 radical (unpaired) electrons. The smallest absolute Gasteiger partial charge is 0.276 e. The van der Waals surface area contributed by atoms with Crippen LogP contribution >= 0.6 is 58.2 Å². The number of rotatable bonds is 11. The van der Waals surface area contributed by atoms with Crippen LogP contribution in [0, 0.1) is 0 Å². The van der Waals surface area contributed by atoms with Crippen molar-refractivity contribution in [3.8, 4) is 0 Å². The van der Waals surface area contributed by atoms with E-state index in [1.54, 1.807) is 18.5 Å². The number of carbonyl (C=O) groups is 4. The number of fused-ring (bicyclic) bond motifs is 1. The number of hydrogen-bond acceptors (Lipinski definition) is 14. The number of hydrogen-bond donors (Lipinski definition) is 5. The molecule has 0 unspecified atom stereocenters. The number of carbonyl (C=O) groups excluding carboxylic acids is 4. The highest BCUT2D eigenvalue weighted by molar-refractivity contribution is 8.06. The molecule has 0 aromatic carbocycles. The lowest BCUT2D eigenvalue weighted by atomic mass is 10.0. The summed E-state index contributed by atoms with van der Waals surface area (Å²) in [7, 11) is 0. The lowest BCUT2D eigenvalue weighted by Crippen LogP contribution is -2.70. The minimum absolute atomic E-state index is 0.0569. The van der Waals surface area contributed by atoms with Crippen LogP contribution in [0.1, 0.15) is 11.3 Å². The van der Waals surface area contributed by atoms with Gasteiger partial charge in [-0.1, -0.05) is 39.9 Å². The van der Waals surface area contributed by atoms with Crippen LogP contribution in [0.3, 0.4) is 0 Å². The molecule has 13 nitrogen and oxygen atoms in total. The van der Waals surface area contributed by atoms with Crippen LogP contribution in [0.2, 0.25) is 4.34 Å². The number of aldehydes is 1. The van der Waals surface area contributed by atoms with Gasteiger partial charge in [-0.05, 0) is 11.6 Å². The van der Waals surface area contributed by atoms with E-state index in [-0.39, 0.29) is 20.9 Å². The first-order valence-electron chi connectivity index (χ1n) is 11.0. The van der Waals surface area contributed by atoms with Crippen molar-refractivity contribution in [2.75, 3.05) is 17.2 Å². The van der Waals surface area contributed by atoms with Gasteiger partial charge in [0.1, 0.15) is 21.4 Å². The van der Waals surface area contributed by atoms with Crippen molar-refractivity contribution in [2.24, 2.45) is 16.6 Å². The molecular formula is C21H21ClN8O5S4. The largest absolute Gasteiger partial charge is 0.410 e. The number of nitrogens with one attached hydrogen (secondary N) is 1. The number of nitrogen functional groups attached to an aromatic ring is 1. The Labute approximate surface area is 243 Å². The Morgan fingerprint density at radius 3 is 2.85 bits per heavy atom. The molecule has 2 aliphatic heterocycles. The molecule has 39 heavy (non-hydrogen) atoms. The number of allylic oxidation sites excluding steroid dienone is 1. The number of amides is 3. The van der Waals surface area contributed by atoms with Crippen LogP contribution in [0.15, 0.2) is 39.1 Å². The highest BCUT2D eigenvalue weighted by Crippen LogP contribution is 2.45. The van der Waals surface area contributed by atoms with Crippen molar-refractivity contribution in [2.45, 2.75) is 28.1 Å². The number of thioether (sulfide) groups is 3. The summed E-state index contributed by atoms with van der Waals surface area (Å²) >= 11 is 11.1. The first kappa shape index (κ1) is 29.2. The van der Waals surface area contributed by atoms with Gasteiger partial charge < -0.3 is 27.7 Å². The number of primary amides is 1. The number of β-lactam (4-membered cyclic amide) rings is 1. The minimum atomic E-state index is -0.960. The maximum absolute atomic E-state index is 13.0. The van der Waals surface area contributed by atoms with Crippen LogP contribution in [0.5, 0.6) is 0 Å². The third-order valence-electron chi connectivity index (χ3n) is 5.53. The van der Waals surface area contributed by atoms with Gasteiger partial charge in [-0.15, -0.1) is 11.8 Å². The molecule has 3 amide bonds. The SMILES string of the molecule is NC(=O)[C@@H](N)CSCc1cnccc1SC1=C(C=O)N2C(=O)[C@@H](NC(=O)/C(=N/O)c3nc(N)sc3Cl)[C@H]2SC1. The van der Waals surface area contributed by atoms with Gasteiger partial charge in [0.05, 0.1) is 11.7 Å². The second kappa shape index (κ2) is 12.6. The lowest BCUT2D eigenvalue weighted by molar-refractivity contribution is -0.145. The Hall–Kier alpha value is -2.83. The first-order valence-corrected chi connectivity index (χ1v) is 15.2. The van der Waals surface area contributed by atoms with Crippen LogP contribution in [-0.2, 0) is 24.9 Å². The van der Waals surface area contributed by atoms with E-state index in [0.29, 0.717) is 28.4 Å². The van der Waals surface area contributed by atoms with Crippen LogP contribution < -0.4 is 22.5 Å². The molecule has 4 heterocycles. The Bertz CT molecular complexity index is 1390. The summed E-state index contributed by atoms with van der Waals surface area (Å²) in [6.07, 6.45) is 3.92. The fourth-order valence-corrected chi connectivity index (χ4v) is 8.16. The van der Waals surface area contributed by atoms with Crippen molar-refractivity contribution in [1.29, 1.82) is 0 Å². The maximum Gasteiger partial charge on any atom is 0.276 e. The number of aromatic nitrogens is 2. The van der Waals surface area contributed by atoms with Gasteiger partial charge in [0.25, 0.3) is 11.8 Å². The number of anilines is 1. The molecule has 1 fully saturated rings. The monoisotopic (exact) mass is 628 g/mol. The van der Waals surface area contributed by atoms with Crippen molar-refractivity contribution < 1.29 is 24.4 Å². The van der Waals surface area contributed by atoms with E-state index in [9.17, 15) is 24.4 Å². The Morgan fingerprint density at radius 1 is 1.44 bits per heavy atom. The van der Waals surface area contributed by atoms with Gasteiger partial charge in [-0.3, -0.25) is 29.1 Å². The van der Waals surface area contributed by atoms with E-state index in [1.807, 2.05) is 0 Å². The summed E-state index contributed by atoms with van der Waals surface area (Å²) in [5.74, 6) is -0.687. The quantitative estimate of drug-likeness (QED) is 0.0759. The van der Waals surface area contributed by atoms with E-state index in [2.05, 4.69) is 20.4 Å². The molecule has 0 aliphatic carbocycles. The zero-order chi connectivity index (χ0) is 28.3. The molecule has 206 valence electrons. The molecule has 0 spiro atoms. The van der Waals surface area contributed by atoms with E-state index >= 15 is 0 Å². The average Bonchev–Trinajstić information content (AvgIpc) is 3.25. The van der Waals surface area contributed by atoms with Gasteiger partial charge in [-0.2, -0.15) is 11.8 Å². The highest BCUT2D eigenvalue weighted by atomic mass is 35.5. The highest BCUT2D eigenvalue weighted by Gasteiger charge is 2.53. The maximum atomic E-state index is 13.0. The molecule has 4 rings (SSSR count). The third kappa shape index (κ3) is 6.17. The molecule has 0 bridgehead atoms. The zero-order valence-corrected chi connectivity index (χ0v) is 23.8. The van der Waals surface area contributed by atoms with E-state index in [1.165, 1.54) is 40.2 Å². The summed E-state index contributed by atoms with van der Waals surface area (Å²) in [5, 5.41) is 14.4. The molecule has 8 N–H and O–H groups in total. The predicted octanol–water partition coefficient (Wildman–Crippen LogP) is 0.601. The van der Waals surface area contributed by atoms with Crippen molar-refractivity contribution >= 4 is 93.1 Å². The molecule has 2 aromatic heterocycles. The Balaban J connectivity index is 1.46. The summed E-state index contributed by atoms with van der Waals surface area (Å²) in [6.45, 7) is 0. The van der Waals surface area contributed by atoms with Crippen molar-refractivity contribution in [3.05, 3.63) is 44.7 Å². The van der Waals surface area contributed by atoms with Gasteiger partial charge in [0, 0.05) is 39.5 Å². The van der Waals surface area contributed by atoms with Crippen LogP contribution in [0.4, 0.5) is 5.13 Å². The fraction of sp³-hybridized carbons (Fsp3) is 0.286. The third-order valence-corrected chi connectivity index (χ3v) is 10.4. The van der Waals surface area contributed by atoms with Crippen LogP contribution in [0.25, 0.3) is 0 Å². The lowest BCUT2D eigenvalue weighted by Gasteiger charge is -2.49. The molecule has 2 aromatic rings. The summed E-state index contributed by atoms with van der Waals surface area (Å²) in [4.78, 5) is 59.9. The number of pyridine rings is 1. The topological polar surface area (TPSA) is 220 Å². The standard InChI is InChI=1S/C21H21ClN8O5S4/c22-16-13(28-21(25)39-16)14(29-35)18(33)27-15-19(34)30-10(4-31)12(7-37-20(15)30)38-11-1-2-26-3-8(11)5-36-6-9(23)17(24)32/h1-4,9,15,20,35H,5-7,23H2,(H2,24,32)(H2,25,28)(H,27,33)/b29-14+/t9-,15+,20+/m0/s1. The predicted molar refractivity (Wildman–Crippen MR) is 151 cm³/mol. The summed E-state index contributed by atoms with van der Waals surface area (Å²) < 4.78 is 0.0569. The van der Waals surface area contributed by atoms with Crippen LogP contribution in [-0.4, -0.2) is 78.8 Å². The van der Waals surface area contributed by atoms with Gasteiger partial charge in [-0.25, -0.2) is 4.98 Å². The fourth-order valence-electron chi connectivity index (χ4n) is 3.60. The van der Waals surface area contributed by atoms with Crippen molar-refractivity contribution in [3.63, 3.8) is 0 Å².